The Balaban J connectivity index is 2.43. The minimum absolute atomic E-state index is 0.579. The lowest BCUT2D eigenvalue weighted by molar-refractivity contribution is 0.111. The van der Waals surface area contributed by atoms with Crippen LogP contribution in [0.4, 0.5) is 0 Å². The predicted molar refractivity (Wildman–Crippen MR) is 84.6 cm³/mol. The maximum absolute atomic E-state index is 5.53. The van der Waals surface area contributed by atoms with Gasteiger partial charge in [0.25, 0.3) is 0 Å². The van der Waals surface area contributed by atoms with Gasteiger partial charge in [0.05, 0.1) is 20.8 Å². The fourth-order valence-electron chi connectivity index (χ4n) is 1.72. The summed E-state index contributed by atoms with van der Waals surface area (Å²) in [6.07, 6.45) is 0. The van der Waals surface area contributed by atoms with E-state index in [2.05, 4.69) is 35.1 Å². The topological polar surface area (TPSA) is 39.7 Å². The molecule has 1 rings (SSSR count). The van der Waals surface area contributed by atoms with Crippen molar-refractivity contribution in [2.75, 3.05) is 34.0 Å². The second kappa shape index (κ2) is 9.21. The molecule has 0 aromatic heterocycles. The van der Waals surface area contributed by atoms with E-state index in [1.165, 1.54) is 0 Å². The molecule has 0 aliphatic carbocycles. The van der Waals surface area contributed by atoms with Crippen molar-refractivity contribution >= 4 is 15.9 Å². The molecule has 0 saturated heterocycles. The molecule has 114 valence electrons. The van der Waals surface area contributed by atoms with Crippen LogP contribution in [0.2, 0.25) is 0 Å². The number of rotatable bonds is 9. The van der Waals surface area contributed by atoms with E-state index in [-0.39, 0.29) is 0 Å². The maximum atomic E-state index is 5.53. The van der Waals surface area contributed by atoms with Gasteiger partial charge in [-0.3, -0.25) is 0 Å². The second-order valence-electron chi connectivity index (χ2n) is 4.94. The molecule has 0 heterocycles. The molecule has 0 radical (unpaired) electrons. The Labute approximate surface area is 129 Å². The SMILES string of the molecule is COc1cc(Br)c(CNCCOCC(C)C)cc1OC. The summed E-state index contributed by atoms with van der Waals surface area (Å²) in [4.78, 5) is 0. The van der Waals surface area contributed by atoms with Crippen molar-refractivity contribution in [3.05, 3.63) is 22.2 Å². The molecule has 1 N–H and O–H groups in total. The van der Waals surface area contributed by atoms with Gasteiger partial charge < -0.3 is 19.5 Å². The largest absolute Gasteiger partial charge is 0.493 e. The van der Waals surface area contributed by atoms with Crippen molar-refractivity contribution in [3.63, 3.8) is 0 Å². The van der Waals surface area contributed by atoms with Gasteiger partial charge >= 0.3 is 0 Å². The third-order valence-corrected chi connectivity index (χ3v) is 3.48. The molecule has 0 amide bonds. The van der Waals surface area contributed by atoms with Crippen molar-refractivity contribution in [1.82, 2.24) is 5.32 Å². The first kappa shape index (κ1) is 17.3. The molecular weight excluding hydrogens is 322 g/mol. The van der Waals surface area contributed by atoms with Gasteiger partial charge in [0, 0.05) is 24.2 Å². The van der Waals surface area contributed by atoms with Crippen molar-refractivity contribution in [2.24, 2.45) is 5.92 Å². The molecule has 0 bridgehead atoms. The standard InChI is InChI=1S/C15H24BrNO3/c1-11(2)10-20-6-5-17-9-12-7-14(18-3)15(19-4)8-13(12)16/h7-8,11,17H,5-6,9-10H2,1-4H3. The molecule has 1 aromatic rings. The van der Waals surface area contributed by atoms with Crippen LogP contribution in [0.15, 0.2) is 16.6 Å². The lowest BCUT2D eigenvalue weighted by Crippen LogP contribution is -2.20. The molecule has 0 atom stereocenters. The van der Waals surface area contributed by atoms with E-state index >= 15 is 0 Å². The Morgan fingerprint density at radius 2 is 1.80 bits per heavy atom. The first-order chi connectivity index (χ1) is 9.58. The minimum atomic E-state index is 0.579. The van der Waals surface area contributed by atoms with Crippen molar-refractivity contribution < 1.29 is 14.2 Å². The number of hydrogen-bond acceptors (Lipinski definition) is 4. The molecule has 0 fully saturated rings. The summed E-state index contributed by atoms with van der Waals surface area (Å²) in [5.74, 6) is 2.04. The normalized spacial score (nSPS) is 10.9. The lowest BCUT2D eigenvalue weighted by atomic mass is 10.2. The molecule has 1 aromatic carbocycles. The fraction of sp³-hybridized carbons (Fsp3) is 0.600. The maximum Gasteiger partial charge on any atom is 0.161 e. The molecule has 0 unspecified atom stereocenters. The lowest BCUT2D eigenvalue weighted by Gasteiger charge is -2.13. The molecule has 0 spiro atoms. The van der Waals surface area contributed by atoms with Gasteiger partial charge in [-0.2, -0.15) is 0 Å². The number of hydrogen-bond donors (Lipinski definition) is 1. The van der Waals surface area contributed by atoms with Gasteiger partial charge in [-0.05, 0) is 23.6 Å². The molecule has 20 heavy (non-hydrogen) atoms. The average Bonchev–Trinajstić information content (AvgIpc) is 2.43. The van der Waals surface area contributed by atoms with Crippen LogP contribution < -0.4 is 14.8 Å². The molecule has 4 nitrogen and oxygen atoms in total. The highest BCUT2D eigenvalue weighted by Crippen LogP contribution is 2.33. The molecule has 0 aliphatic rings. The summed E-state index contributed by atoms with van der Waals surface area (Å²) in [5.41, 5.74) is 1.13. The van der Waals surface area contributed by atoms with E-state index in [0.717, 1.165) is 47.8 Å². The first-order valence-electron chi connectivity index (χ1n) is 6.77. The molecule has 5 heteroatoms. The number of nitrogens with one attached hydrogen (secondary N) is 1. The summed E-state index contributed by atoms with van der Waals surface area (Å²) >= 11 is 3.55. The average molecular weight is 346 g/mol. The zero-order chi connectivity index (χ0) is 15.0. The zero-order valence-electron chi connectivity index (χ0n) is 12.7. The summed E-state index contributed by atoms with van der Waals surface area (Å²) in [6.45, 7) is 7.41. The van der Waals surface area contributed by atoms with E-state index in [1.807, 2.05) is 12.1 Å². The van der Waals surface area contributed by atoms with E-state index in [4.69, 9.17) is 14.2 Å². The van der Waals surface area contributed by atoms with Crippen LogP contribution in [0.3, 0.4) is 0 Å². The first-order valence-corrected chi connectivity index (χ1v) is 7.56. The number of ether oxygens (including phenoxy) is 3. The van der Waals surface area contributed by atoms with Gasteiger partial charge in [0.15, 0.2) is 11.5 Å². The summed E-state index contributed by atoms with van der Waals surface area (Å²) < 4.78 is 17.1. The summed E-state index contributed by atoms with van der Waals surface area (Å²) in [5, 5.41) is 3.35. The minimum Gasteiger partial charge on any atom is -0.493 e. The van der Waals surface area contributed by atoms with Crippen LogP contribution in [-0.4, -0.2) is 34.0 Å². The van der Waals surface area contributed by atoms with Gasteiger partial charge in [0.2, 0.25) is 0 Å². The predicted octanol–water partition coefficient (Wildman–Crippen LogP) is 3.23. The van der Waals surface area contributed by atoms with E-state index < -0.39 is 0 Å². The number of halogens is 1. The van der Waals surface area contributed by atoms with Crippen LogP contribution in [0.1, 0.15) is 19.4 Å². The van der Waals surface area contributed by atoms with Crippen LogP contribution in [0.5, 0.6) is 11.5 Å². The monoisotopic (exact) mass is 345 g/mol. The molecular formula is C15H24BrNO3. The molecule has 0 saturated carbocycles. The summed E-state index contributed by atoms with van der Waals surface area (Å²) in [7, 11) is 3.27. The second-order valence-corrected chi connectivity index (χ2v) is 5.80. The number of methoxy groups -OCH3 is 2. The molecule has 0 aliphatic heterocycles. The van der Waals surface area contributed by atoms with E-state index in [1.54, 1.807) is 14.2 Å². The number of benzene rings is 1. The zero-order valence-corrected chi connectivity index (χ0v) is 14.2. The van der Waals surface area contributed by atoms with Gasteiger partial charge in [0.1, 0.15) is 0 Å². The van der Waals surface area contributed by atoms with Crippen LogP contribution in [-0.2, 0) is 11.3 Å². The van der Waals surface area contributed by atoms with Gasteiger partial charge in [-0.25, -0.2) is 0 Å². The van der Waals surface area contributed by atoms with Crippen LogP contribution in [0, 0.1) is 5.92 Å². The van der Waals surface area contributed by atoms with Crippen molar-refractivity contribution in [1.29, 1.82) is 0 Å². The van der Waals surface area contributed by atoms with E-state index in [9.17, 15) is 0 Å². The van der Waals surface area contributed by atoms with Crippen molar-refractivity contribution in [2.45, 2.75) is 20.4 Å². The smallest absolute Gasteiger partial charge is 0.161 e. The summed E-state index contributed by atoms with van der Waals surface area (Å²) in [6, 6.07) is 3.90. The van der Waals surface area contributed by atoms with Gasteiger partial charge in [-0.1, -0.05) is 29.8 Å². The Hall–Kier alpha value is -0.780. The highest BCUT2D eigenvalue weighted by atomic mass is 79.9. The Morgan fingerprint density at radius 1 is 1.15 bits per heavy atom. The van der Waals surface area contributed by atoms with E-state index in [0.29, 0.717) is 5.92 Å². The Kier molecular flexibility index (Phi) is 7.95. The van der Waals surface area contributed by atoms with Crippen LogP contribution in [0.25, 0.3) is 0 Å². The Bertz CT molecular complexity index is 410. The fourth-order valence-corrected chi connectivity index (χ4v) is 2.18. The van der Waals surface area contributed by atoms with Gasteiger partial charge in [-0.15, -0.1) is 0 Å². The van der Waals surface area contributed by atoms with Crippen molar-refractivity contribution in [3.8, 4) is 11.5 Å². The third-order valence-electron chi connectivity index (χ3n) is 2.74. The quantitative estimate of drug-likeness (QED) is 0.697. The Morgan fingerprint density at radius 3 is 2.40 bits per heavy atom. The highest BCUT2D eigenvalue weighted by Gasteiger charge is 2.09. The highest BCUT2D eigenvalue weighted by molar-refractivity contribution is 9.10. The third kappa shape index (κ3) is 5.69. The van der Waals surface area contributed by atoms with Crippen LogP contribution >= 0.6 is 15.9 Å².